The van der Waals surface area contributed by atoms with Crippen molar-refractivity contribution in [2.45, 2.75) is 0 Å². The van der Waals surface area contributed by atoms with E-state index in [1.54, 1.807) is 0 Å². The van der Waals surface area contributed by atoms with Crippen molar-refractivity contribution in [2.24, 2.45) is 15.3 Å². The number of rotatable bonds is 3. The first kappa shape index (κ1) is 10.8. The molecule has 0 aliphatic rings. The monoisotopic (exact) mass is 204 g/mol. The molecule has 1 aromatic carbocycles. The third-order valence-corrected chi connectivity index (χ3v) is 1.80. The molecule has 0 amide bonds. The molecule has 0 spiro atoms. The highest BCUT2D eigenvalue weighted by atomic mass is 16.1. The third-order valence-electron chi connectivity index (χ3n) is 1.80. The lowest BCUT2D eigenvalue weighted by molar-refractivity contribution is 0.112. The van der Waals surface area contributed by atoms with Gasteiger partial charge in [0.2, 0.25) is 0 Å². The Kier molecular flexibility index (Phi) is 3.12. The summed E-state index contributed by atoms with van der Waals surface area (Å²) in [7, 11) is 1.45. The average molecular weight is 204 g/mol. The van der Waals surface area contributed by atoms with Crippen molar-refractivity contribution in [1.29, 1.82) is 5.53 Å². The zero-order valence-corrected chi connectivity index (χ0v) is 8.06. The Bertz CT molecular complexity index is 444. The Morgan fingerprint density at radius 1 is 1.33 bits per heavy atom. The Labute approximate surface area is 86.5 Å². The van der Waals surface area contributed by atoms with Crippen molar-refractivity contribution in [2.75, 3.05) is 11.5 Å². The van der Waals surface area contributed by atoms with Gasteiger partial charge in [0.25, 0.3) is 7.98 Å². The number of benzene rings is 1. The van der Waals surface area contributed by atoms with Gasteiger partial charge in [-0.05, 0) is 6.07 Å². The van der Waals surface area contributed by atoms with Crippen molar-refractivity contribution in [3.63, 3.8) is 0 Å². The predicted molar refractivity (Wildman–Crippen MR) is 58.5 cm³/mol. The van der Waals surface area contributed by atoms with Crippen LogP contribution in [0.15, 0.2) is 21.3 Å². The van der Waals surface area contributed by atoms with Gasteiger partial charge in [-0.25, -0.2) is 5.53 Å². The lowest BCUT2D eigenvalue weighted by Gasteiger charge is -2.07. The molecular formula is C7H9BN6O. The lowest BCUT2D eigenvalue weighted by atomic mass is 10.1. The molecule has 0 bridgehead atoms. The molecule has 76 valence electrons. The molecule has 5 N–H and O–H groups in total. The third kappa shape index (κ3) is 1.83. The van der Waals surface area contributed by atoms with Crippen LogP contribution in [-0.2, 0) is 0 Å². The van der Waals surface area contributed by atoms with Gasteiger partial charge in [0.1, 0.15) is 11.4 Å². The molecule has 0 aliphatic carbocycles. The molecule has 0 aliphatic heterocycles. The first-order valence-corrected chi connectivity index (χ1v) is 4.00. The van der Waals surface area contributed by atoms with Crippen LogP contribution in [0.4, 0.5) is 22.7 Å². The van der Waals surface area contributed by atoms with Crippen LogP contribution < -0.4 is 11.5 Å². The highest BCUT2D eigenvalue weighted by molar-refractivity contribution is 6.05. The summed E-state index contributed by atoms with van der Waals surface area (Å²) in [6.07, 6.45) is 0.504. The van der Waals surface area contributed by atoms with E-state index in [1.165, 1.54) is 14.0 Å². The van der Waals surface area contributed by atoms with Gasteiger partial charge in [-0.15, -0.1) is 0 Å². The molecule has 0 aromatic heterocycles. The van der Waals surface area contributed by atoms with Crippen molar-refractivity contribution in [1.82, 2.24) is 0 Å². The van der Waals surface area contributed by atoms with E-state index in [9.17, 15) is 4.79 Å². The molecule has 0 atom stereocenters. The molecule has 0 radical (unpaired) electrons. The molecule has 0 saturated carbocycles. The van der Waals surface area contributed by atoms with Crippen molar-refractivity contribution in [3.05, 3.63) is 11.6 Å². The van der Waals surface area contributed by atoms with Crippen molar-refractivity contribution >= 4 is 37.0 Å². The summed E-state index contributed by atoms with van der Waals surface area (Å²) in [5.74, 6) is 0. The van der Waals surface area contributed by atoms with Crippen LogP contribution in [0.3, 0.4) is 0 Å². The van der Waals surface area contributed by atoms with Crippen LogP contribution in [-0.4, -0.2) is 14.3 Å². The van der Waals surface area contributed by atoms with Gasteiger partial charge in [-0.3, -0.25) is 9.82 Å². The molecule has 0 heterocycles. The van der Waals surface area contributed by atoms with Crippen LogP contribution in [0.25, 0.3) is 0 Å². The minimum atomic E-state index is 0.0570. The summed E-state index contributed by atoms with van der Waals surface area (Å²) in [5.41, 5.74) is 18.8. The summed E-state index contributed by atoms with van der Waals surface area (Å²) < 4.78 is 0. The fraction of sp³-hybridized carbons (Fsp3) is 0. The van der Waals surface area contributed by atoms with Crippen LogP contribution in [0.1, 0.15) is 10.4 Å². The maximum Gasteiger partial charge on any atom is 0.273 e. The Morgan fingerprint density at radius 2 is 1.93 bits per heavy atom. The molecule has 0 saturated heterocycles. The molecule has 7 nitrogen and oxygen atoms in total. The average Bonchev–Trinajstić information content (AvgIpc) is 2.21. The molecule has 15 heavy (non-hydrogen) atoms. The van der Waals surface area contributed by atoms with Gasteiger partial charge in [0.15, 0.2) is 6.29 Å². The van der Waals surface area contributed by atoms with Crippen LogP contribution in [0.5, 0.6) is 0 Å². The second kappa shape index (κ2) is 4.31. The van der Waals surface area contributed by atoms with Gasteiger partial charge >= 0.3 is 0 Å². The van der Waals surface area contributed by atoms with E-state index in [0.717, 1.165) is 0 Å². The predicted octanol–water partition coefficient (Wildman–Crippen LogP) is 0.958. The summed E-state index contributed by atoms with van der Waals surface area (Å²) in [5, 5.41) is 10.4. The summed E-state index contributed by atoms with van der Waals surface area (Å²) >= 11 is 0. The minimum absolute atomic E-state index is 0.0570. The number of aldehydes is 1. The van der Waals surface area contributed by atoms with Crippen LogP contribution in [0.2, 0.25) is 0 Å². The number of nitrogens with zero attached hydrogens (tertiary/aromatic N) is 3. The number of nitrogen functional groups attached to an aromatic ring is 2. The number of nitrogens with one attached hydrogen (secondary N) is 1. The molecule has 1 rings (SSSR count). The fourth-order valence-electron chi connectivity index (χ4n) is 1.18. The van der Waals surface area contributed by atoms with Gasteiger partial charge < -0.3 is 11.5 Å². The second-order valence-corrected chi connectivity index (χ2v) is 2.70. The number of hydrogen-bond acceptors (Lipinski definition) is 7. The number of nitrogens with two attached hydrogens (primary N) is 2. The maximum absolute atomic E-state index is 10.8. The first-order chi connectivity index (χ1) is 7.15. The molecule has 0 unspecified atom stereocenters. The lowest BCUT2D eigenvalue weighted by Crippen LogP contribution is -1.96. The SMILES string of the molecule is BN=Nc1c(N)cc(N)c(N=N)c1C=O. The maximum atomic E-state index is 10.8. The normalized spacial score (nSPS) is 10.4. The fourth-order valence-corrected chi connectivity index (χ4v) is 1.18. The second-order valence-electron chi connectivity index (χ2n) is 2.70. The van der Waals surface area contributed by atoms with Gasteiger partial charge in [0, 0.05) is 0 Å². The number of anilines is 2. The Morgan fingerprint density at radius 3 is 2.40 bits per heavy atom. The summed E-state index contributed by atoms with van der Waals surface area (Å²) in [4.78, 5) is 10.8. The Balaban J connectivity index is 3.63. The smallest absolute Gasteiger partial charge is 0.273 e. The number of carbonyl (C=O) groups excluding carboxylic acids is 1. The molecule has 0 fully saturated rings. The number of hydrogen-bond donors (Lipinski definition) is 3. The van der Waals surface area contributed by atoms with Crippen molar-refractivity contribution in [3.8, 4) is 0 Å². The minimum Gasteiger partial charge on any atom is -0.397 e. The van der Waals surface area contributed by atoms with E-state index in [0.29, 0.717) is 6.29 Å². The largest absolute Gasteiger partial charge is 0.397 e. The standard InChI is InChI=1S/C7H9BN6O/c8-14-13-7-3(2-15)6(12-11)4(9)1-5(7)10/h1-2,11H,8-10H2. The number of carbonyl (C=O) groups is 1. The van der Waals surface area contributed by atoms with E-state index < -0.39 is 0 Å². The van der Waals surface area contributed by atoms with E-state index in [1.807, 2.05) is 0 Å². The Hall–Kier alpha value is -2.25. The van der Waals surface area contributed by atoms with Crippen molar-refractivity contribution < 1.29 is 4.79 Å². The van der Waals surface area contributed by atoms with Crippen LogP contribution >= 0.6 is 0 Å². The summed E-state index contributed by atoms with van der Waals surface area (Å²) in [6.45, 7) is 0. The van der Waals surface area contributed by atoms with Gasteiger partial charge in [0.05, 0.1) is 16.9 Å². The molecule has 1 aromatic rings. The van der Waals surface area contributed by atoms with E-state index in [-0.39, 0.29) is 28.3 Å². The van der Waals surface area contributed by atoms with Crippen LogP contribution in [0, 0.1) is 5.53 Å². The van der Waals surface area contributed by atoms with E-state index >= 15 is 0 Å². The van der Waals surface area contributed by atoms with Gasteiger partial charge in [-0.1, -0.05) is 0 Å². The summed E-state index contributed by atoms with van der Waals surface area (Å²) in [6, 6.07) is 1.39. The molecular weight excluding hydrogens is 195 g/mol. The zero-order chi connectivity index (χ0) is 11.4. The van der Waals surface area contributed by atoms with Gasteiger partial charge in [-0.2, -0.15) is 10.2 Å². The van der Waals surface area contributed by atoms with E-state index in [4.69, 9.17) is 17.0 Å². The van der Waals surface area contributed by atoms with E-state index in [2.05, 4.69) is 15.3 Å². The highest BCUT2D eigenvalue weighted by Gasteiger charge is 2.14. The first-order valence-electron chi connectivity index (χ1n) is 4.00. The quantitative estimate of drug-likeness (QED) is 0.293. The molecule has 8 heteroatoms. The highest BCUT2D eigenvalue weighted by Crippen LogP contribution is 2.38. The zero-order valence-electron chi connectivity index (χ0n) is 8.06. The topological polar surface area (TPSA) is 130 Å².